The van der Waals surface area contributed by atoms with Gasteiger partial charge in [0.2, 0.25) is 0 Å². The lowest BCUT2D eigenvalue weighted by Crippen LogP contribution is -2.43. The normalized spacial score (nSPS) is 14.6. The van der Waals surface area contributed by atoms with Crippen molar-refractivity contribution in [1.29, 1.82) is 0 Å². The van der Waals surface area contributed by atoms with Crippen molar-refractivity contribution in [3.8, 4) is 0 Å². The highest BCUT2D eigenvalue weighted by atomic mass is 19.4. The number of hydrogen-bond donors (Lipinski definition) is 0. The summed E-state index contributed by atoms with van der Waals surface area (Å²) in [5.74, 6) is 0. The summed E-state index contributed by atoms with van der Waals surface area (Å²) in [6.45, 7) is 1.52. The van der Waals surface area contributed by atoms with E-state index in [1.165, 1.54) is 0 Å². The van der Waals surface area contributed by atoms with Crippen LogP contribution in [-0.2, 0) is 4.74 Å². The third-order valence-corrected chi connectivity index (χ3v) is 2.87. The molecule has 0 aromatic carbocycles. The van der Waals surface area contributed by atoms with Crippen molar-refractivity contribution in [3.05, 3.63) is 0 Å². The van der Waals surface area contributed by atoms with E-state index in [-0.39, 0.29) is 6.42 Å². The van der Waals surface area contributed by atoms with Crippen LogP contribution in [0.5, 0.6) is 0 Å². The van der Waals surface area contributed by atoms with Crippen molar-refractivity contribution in [2.75, 3.05) is 6.61 Å². The number of ether oxygens (including phenoxy) is 1. The largest absolute Gasteiger partial charge is 0.428 e. The first-order valence-corrected chi connectivity index (χ1v) is 6.94. The van der Waals surface area contributed by atoms with Crippen LogP contribution in [0.1, 0.15) is 58.3 Å². The van der Waals surface area contributed by atoms with E-state index < -0.39 is 25.1 Å². The van der Waals surface area contributed by atoms with Gasteiger partial charge in [0.05, 0.1) is 6.61 Å². The van der Waals surface area contributed by atoms with E-state index in [1.807, 2.05) is 0 Å². The third kappa shape index (κ3) is 8.66. The highest BCUT2D eigenvalue weighted by molar-refractivity contribution is 4.75. The van der Waals surface area contributed by atoms with Gasteiger partial charge in [-0.1, -0.05) is 51.9 Å². The van der Waals surface area contributed by atoms with Gasteiger partial charge in [-0.05, 0) is 6.42 Å². The van der Waals surface area contributed by atoms with Gasteiger partial charge >= 0.3 is 12.3 Å². The summed E-state index contributed by atoms with van der Waals surface area (Å²) in [4.78, 5) is 0. The molecule has 0 aliphatic carbocycles. The summed E-state index contributed by atoms with van der Waals surface area (Å²) in [6.07, 6.45) is -7.64. The Morgan fingerprint density at radius 2 is 1.25 bits per heavy atom. The van der Waals surface area contributed by atoms with Gasteiger partial charge in [-0.15, -0.1) is 0 Å². The molecule has 1 atom stereocenters. The van der Waals surface area contributed by atoms with Gasteiger partial charge < -0.3 is 4.74 Å². The molecule has 0 radical (unpaired) electrons. The second-order valence-corrected chi connectivity index (χ2v) is 4.79. The molecule has 0 aromatic rings. The van der Waals surface area contributed by atoms with Crippen LogP contribution in [0.25, 0.3) is 0 Å². The lowest BCUT2D eigenvalue weighted by molar-refractivity contribution is -0.335. The molecular formula is C13H22F6O. The Balaban J connectivity index is 3.63. The molecule has 0 aromatic heterocycles. The second kappa shape index (κ2) is 9.47. The van der Waals surface area contributed by atoms with Crippen LogP contribution in [0.15, 0.2) is 0 Å². The van der Waals surface area contributed by atoms with E-state index in [9.17, 15) is 26.3 Å². The fourth-order valence-electron chi connectivity index (χ4n) is 1.71. The van der Waals surface area contributed by atoms with Gasteiger partial charge in [0.1, 0.15) is 0 Å². The zero-order valence-electron chi connectivity index (χ0n) is 11.6. The summed E-state index contributed by atoms with van der Waals surface area (Å²) in [5.41, 5.74) is 0. The monoisotopic (exact) mass is 308 g/mol. The smallest absolute Gasteiger partial charge is 0.318 e. The number of hydrogen-bond acceptors (Lipinski definition) is 1. The fraction of sp³-hybridized carbons (Fsp3) is 1.00. The maximum absolute atomic E-state index is 12.7. The predicted molar refractivity (Wildman–Crippen MR) is 64.5 cm³/mol. The Morgan fingerprint density at radius 3 is 1.70 bits per heavy atom. The Kier molecular flexibility index (Phi) is 9.25. The molecular weight excluding hydrogens is 286 g/mol. The summed E-state index contributed by atoms with van der Waals surface area (Å²) in [7, 11) is 0. The summed E-state index contributed by atoms with van der Waals surface area (Å²) >= 11 is 0. The molecule has 1 unspecified atom stereocenters. The van der Waals surface area contributed by atoms with Crippen LogP contribution in [0, 0.1) is 0 Å². The van der Waals surface area contributed by atoms with E-state index >= 15 is 0 Å². The maximum Gasteiger partial charge on any atom is 0.428 e. The quantitative estimate of drug-likeness (QED) is 0.355. The molecule has 0 heterocycles. The van der Waals surface area contributed by atoms with Crippen LogP contribution in [-0.4, -0.2) is 25.1 Å². The first kappa shape index (κ1) is 19.5. The molecule has 7 heteroatoms. The highest BCUT2D eigenvalue weighted by Crippen LogP contribution is 2.35. The van der Waals surface area contributed by atoms with Gasteiger partial charge in [-0.3, -0.25) is 0 Å². The van der Waals surface area contributed by atoms with Gasteiger partial charge in [0, 0.05) is 0 Å². The van der Waals surface area contributed by atoms with E-state index in [2.05, 4.69) is 11.7 Å². The zero-order chi connectivity index (χ0) is 15.6. The fourth-order valence-corrected chi connectivity index (χ4v) is 1.71. The highest BCUT2D eigenvalue weighted by Gasteiger charge is 2.58. The van der Waals surface area contributed by atoms with Crippen LogP contribution in [0.2, 0.25) is 0 Å². The Morgan fingerprint density at radius 1 is 0.800 bits per heavy atom. The maximum atomic E-state index is 12.7. The molecule has 0 fully saturated rings. The predicted octanol–water partition coefficient (Wildman–Crippen LogP) is 5.64. The molecule has 0 aliphatic rings. The van der Waals surface area contributed by atoms with E-state index in [0.717, 1.165) is 38.5 Å². The molecule has 20 heavy (non-hydrogen) atoms. The summed E-state index contributed by atoms with van der Waals surface area (Å²) in [5, 5.41) is 0. The topological polar surface area (TPSA) is 9.23 Å². The SMILES string of the molecule is CCCCCCCCCCOC(F)(F)C(F)C(F)(F)F. The molecule has 0 N–H and O–H groups in total. The minimum Gasteiger partial charge on any atom is -0.318 e. The lowest BCUT2D eigenvalue weighted by atomic mass is 10.1. The second-order valence-electron chi connectivity index (χ2n) is 4.79. The third-order valence-electron chi connectivity index (χ3n) is 2.87. The van der Waals surface area contributed by atoms with Crippen molar-refractivity contribution in [1.82, 2.24) is 0 Å². The molecule has 0 saturated carbocycles. The first-order valence-electron chi connectivity index (χ1n) is 6.94. The van der Waals surface area contributed by atoms with E-state index in [1.54, 1.807) is 0 Å². The molecule has 0 saturated heterocycles. The van der Waals surface area contributed by atoms with E-state index in [4.69, 9.17) is 0 Å². The Bertz CT molecular complexity index is 242. The molecule has 0 spiro atoms. The molecule has 0 aliphatic heterocycles. The summed E-state index contributed by atoms with van der Waals surface area (Å²) < 4.78 is 77.0. The number of alkyl halides is 6. The molecule has 0 bridgehead atoms. The molecule has 0 rings (SSSR count). The molecule has 1 nitrogen and oxygen atoms in total. The van der Waals surface area contributed by atoms with Crippen LogP contribution in [0.4, 0.5) is 26.3 Å². The van der Waals surface area contributed by atoms with Crippen LogP contribution in [0.3, 0.4) is 0 Å². The van der Waals surface area contributed by atoms with Crippen LogP contribution < -0.4 is 0 Å². The summed E-state index contributed by atoms with van der Waals surface area (Å²) in [6, 6.07) is 0. The standard InChI is InChI=1S/C13H22F6O/c1-2-3-4-5-6-7-8-9-10-20-13(18,19)11(14)12(15,16)17/h11H,2-10H2,1H3. The van der Waals surface area contributed by atoms with Crippen molar-refractivity contribution in [3.63, 3.8) is 0 Å². The number of unbranched alkanes of at least 4 members (excludes halogenated alkanes) is 7. The zero-order valence-corrected chi connectivity index (χ0v) is 11.6. The van der Waals surface area contributed by atoms with Gasteiger partial charge in [0.25, 0.3) is 6.17 Å². The first-order chi connectivity index (χ1) is 9.22. The van der Waals surface area contributed by atoms with Crippen molar-refractivity contribution < 1.29 is 31.1 Å². The van der Waals surface area contributed by atoms with Gasteiger partial charge in [-0.2, -0.15) is 22.0 Å². The Hall–Kier alpha value is -0.460. The number of halogens is 6. The van der Waals surface area contributed by atoms with Crippen molar-refractivity contribution in [2.45, 2.75) is 76.7 Å². The molecule has 0 amide bonds. The molecule has 122 valence electrons. The average Bonchev–Trinajstić information content (AvgIpc) is 2.34. The van der Waals surface area contributed by atoms with Gasteiger partial charge in [0.15, 0.2) is 0 Å². The van der Waals surface area contributed by atoms with Crippen molar-refractivity contribution in [2.24, 2.45) is 0 Å². The van der Waals surface area contributed by atoms with Crippen molar-refractivity contribution >= 4 is 0 Å². The minimum atomic E-state index is -5.61. The average molecular weight is 308 g/mol. The van der Waals surface area contributed by atoms with E-state index in [0.29, 0.717) is 6.42 Å². The Labute approximate surface area is 115 Å². The number of rotatable bonds is 11. The van der Waals surface area contributed by atoms with Gasteiger partial charge in [-0.25, -0.2) is 4.39 Å². The minimum absolute atomic E-state index is 0.202. The van der Waals surface area contributed by atoms with Crippen LogP contribution >= 0.6 is 0 Å². The lowest BCUT2D eigenvalue weighted by Gasteiger charge is -2.22.